The molecule has 0 saturated heterocycles. The number of pyridine rings is 1. The summed E-state index contributed by atoms with van der Waals surface area (Å²) in [4.78, 5) is 3.72. The van der Waals surface area contributed by atoms with E-state index < -0.39 is 11.7 Å². The molecule has 5 heteroatoms. The fraction of sp³-hybridized carbons (Fsp3) is 0.545. The van der Waals surface area contributed by atoms with Crippen molar-refractivity contribution in [3.63, 3.8) is 0 Å². The van der Waals surface area contributed by atoms with E-state index in [0.29, 0.717) is 0 Å². The molecule has 0 radical (unpaired) electrons. The van der Waals surface area contributed by atoms with Crippen molar-refractivity contribution >= 4 is 0 Å². The van der Waals surface area contributed by atoms with Crippen molar-refractivity contribution in [2.45, 2.75) is 25.4 Å². The molecule has 0 bridgehead atoms. The standard InChI is InChI=1S/C11H12F3NO/c12-11(13,14)9-1-4-15-6-8(9)5-10(7-16)2-3-10/h1,4,6,16H,2-3,5,7H2. The Hall–Kier alpha value is -1.10. The van der Waals surface area contributed by atoms with Crippen LogP contribution >= 0.6 is 0 Å². The normalized spacial score (nSPS) is 18.5. The van der Waals surface area contributed by atoms with Gasteiger partial charge < -0.3 is 5.11 Å². The fourth-order valence-electron chi connectivity index (χ4n) is 1.82. The van der Waals surface area contributed by atoms with Gasteiger partial charge in [0.05, 0.1) is 5.56 Å². The highest BCUT2D eigenvalue weighted by Crippen LogP contribution is 2.49. The Labute approximate surface area is 91.1 Å². The summed E-state index contributed by atoms with van der Waals surface area (Å²) in [6, 6.07) is 0.989. The lowest BCUT2D eigenvalue weighted by atomic mass is 9.95. The second kappa shape index (κ2) is 3.73. The Kier molecular flexibility index (Phi) is 2.66. The molecule has 0 aromatic carbocycles. The summed E-state index contributed by atoms with van der Waals surface area (Å²) in [6.45, 7) is -0.0564. The van der Waals surface area contributed by atoms with E-state index in [2.05, 4.69) is 4.98 Å². The minimum atomic E-state index is -4.34. The third kappa shape index (κ3) is 2.19. The van der Waals surface area contributed by atoms with Crippen LogP contribution in [0.1, 0.15) is 24.0 Å². The third-order valence-corrected chi connectivity index (χ3v) is 3.07. The maximum atomic E-state index is 12.7. The molecule has 1 aliphatic carbocycles. The van der Waals surface area contributed by atoms with Crippen molar-refractivity contribution in [2.24, 2.45) is 5.41 Å². The Bertz CT molecular complexity index is 385. The summed E-state index contributed by atoms with van der Waals surface area (Å²) < 4.78 is 38.0. The van der Waals surface area contributed by atoms with Gasteiger partial charge in [0.25, 0.3) is 0 Å². The average Bonchev–Trinajstić information content (AvgIpc) is 2.98. The van der Waals surface area contributed by atoms with Gasteiger partial charge in [-0.1, -0.05) is 0 Å². The summed E-state index contributed by atoms with van der Waals surface area (Å²) in [7, 11) is 0. The summed E-state index contributed by atoms with van der Waals surface area (Å²) in [5.74, 6) is 0. The van der Waals surface area contributed by atoms with E-state index in [4.69, 9.17) is 5.11 Å². The molecule has 0 atom stereocenters. The maximum absolute atomic E-state index is 12.7. The number of rotatable bonds is 3. The molecule has 1 saturated carbocycles. The zero-order chi connectivity index (χ0) is 11.8. The Balaban J connectivity index is 2.27. The van der Waals surface area contributed by atoms with Crippen LogP contribution in [-0.2, 0) is 12.6 Å². The average molecular weight is 231 g/mol. The smallest absolute Gasteiger partial charge is 0.396 e. The van der Waals surface area contributed by atoms with Crippen molar-refractivity contribution in [1.29, 1.82) is 0 Å². The van der Waals surface area contributed by atoms with Crippen molar-refractivity contribution in [1.82, 2.24) is 4.98 Å². The van der Waals surface area contributed by atoms with Crippen LogP contribution < -0.4 is 0 Å². The van der Waals surface area contributed by atoms with Crippen molar-refractivity contribution in [2.75, 3.05) is 6.61 Å². The Morgan fingerprint density at radius 1 is 1.38 bits per heavy atom. The molecule has 1 fully saturated rings. The molecular formula is C11H12F3NO. The van der Waals surface area contributed by atoms with Crippen LogP contribution in [0.5, 0.6) is 0 Å². The predicted octanol–water partition coefficient (Wildman–Crippen LogP) is 2.42. The highest BCUT2D eigenvalue weighted by molar-refractivity contribution is 5.28. The lowest BCUT2D eigenvalue weighted by Gasteiger charge is -2.16. The number of alkyl halides is 3. The topological polar surface area (TPSA) is 33.1 Å². The van der Waals surface area contributed by atoms with Gasteiger partial charge in [-0.25, -0.2) is 0 Å². The van der Waals surface area contributed by atoms with Gasteiger partial charge in [0.2, 0.25) is 0 Å². The number of halogens is 3. The number of hydrogen-bond donors (Lipinski definition) is 1. The van der Waals surface area contributed by atoms with Gasteiger partial charge in [0.1, 0.15) is 0 Å². The lowest BCUT2D eigenvalue weighted by molar-refractivity contribution is -0.138. The van der Waals surface area contributed by atoms with Crippen molar-refractivity contribution < 1.29 is 18.3 Å². The lowest BCUT2D eigenvalue weighted by Crippen LogP contribution is -2.16. The van der Waals surface area contributed by atoms with E-state index >= 15 is 0 Å². The molecule has 1 aromatic heterocycles. The second-order valence-electron chi connectivity index (χ2n) is 4.37. The first-order valence-electron chi connectivity index (χ1n) is 5.08. The van der Waals surface area contributed by atoms with Crippen molar-refractivity contribution in [3.8, 4) is 0 Å². The van der Waals surface area contributed by atoms with Crippen LogP contribution in [0, 0.1) is 5.41 Å². The molecule has 0 unspecified atom stereocenters. The zero-order valence-electron chi connectivity index (χ0n) is 8.59. The van der Waals surface area contributed by atoms with Gasteiger partial charge in [-0.3, -0.25) is 4.98 Å². The molecular weight excluding hydrogens is 219 g/mol. The first kappa shape index (κ1) is 11.4. The predicted molar refractivity (Wildman–Crippen MR) is 51.7 cm³/mol. The number of aliphatic hydroxyl groups is 1. The molecule has 2 rings (SSSR count). The van der Waals surface area contributed by atoms with E-state index in [-0.39, 0.29) is 24.0 Å². The second-order valence-corrected chi connectivity index (χ2v) is 4.37. The Morgan fingerprint density at radius 3 is 2.56 bits per heavy atom. The number of aromatic nitrogens is 1. The van der Waals surface area contributed by atoms with E-state index in [1.807, 2.05) is 0 Å². The number of aliphatic hydroxyl groups excluding tert-OH is 1. The molecule has 0 spiro atoms. The van der Waals surface area contributed by atoms with Gasteiger partial charge in [0, 0.05) is 19.0 Å². The summed E-state index contributed by atoms with van der Waals surface area (Å²) in [6.07, 6.45) is -0.120. The van der Waals surface area contributed by atoms with Crippen LogP contribution in [0.15, 0.2) is 18.5 Å². The molecule has 0 amide bonds. The highest BCUT2D eigenvalue weighted by Gasteiger charge is 2.44. The molecule has 0 aliphatic heterocycles. The quantitative estimate of drug-likeness (QED) is 0.866. The van der Waals surface area contributed by atoms with Crippen molar-refractivity contribution in [3.05, 3.63) is 29.6 Å². The zero-order valence-corrected chi connectivity index (χ0v) is 8.59. The van der Waals surface area contributed by atoms with Crippen LogP contribution in [0.3, 0.4) is 0 Å². The highest BCUT2D eigenvalue weighted by atomic mass is 19.4. The first-order chi connectivity index (χ1) is 7.47. The first-order valence-corrected chi connectivity index (χ1v) is 5.08. The molecule has 88 valence electrons. The van der Waals surface area contributed by atoms with Crippen LogP contribution in [0.25, 0.3) is 0 Å². The molecule has 1 aliphatic rings. The molecule has 1 heterocycles. The maximum Gasteiger partial charge on any atom is 0.416 e. The van der Waals surface area contributed by atoms with Crippen LogP contribution in [-0.4, -0.2) is 16.7 Å². The van der Waals surface area contributed by atoms with Gasteiger partial charge in [-0.15, -0.1) is 0 Å². The fourth-order valence-corrected chi connectivity index (χ4v) is 1.82. The SMILES string of the molecule is OCC1(Cc2cnccc2C(F)(F)F)CC1. The van der Waals surface area contributed by atoms with E-state index in [0.717, 1.165) is 25.1 Å². The monoisotopic (exact) mass is 231 g/mol. The number of hydrogen-bond acceptors (Lipinski definition) is 2. The van der Waals surface area contributed by atoms with Crippen LogP contribution in [0.2, 0.25) is 0 Å². The minimum absolute atomic E-state index is 0.0564. The van der Waals surface area contributed by atoms with Gasteiger partial charge in [0.15, 0.2) is 0 Å². The summed E-state index contributed by atoms with van der Waals surface area (Å²) in [5.41, 5.74) is -0.785. The summed E-state index contributed by atoms with van der Waals surface area (Å²) in [5, 5.41) is 9.11. The molecule has 2 nitrogen and oxygen atoms in total. The van der Waals surface area contributed by atoms with Gasteiger partial charge >= 0.3 is 6.18 Å². The summed E-state index contributed by atoms with van der Waals surface area (Å²) >= 11 is 0. The molecule has 1 N–H and O–H groups in total. The van der Waals surface area contributed by atoms with E-state index in [9.17, 15) is 13.2 Å². The van der Waals surface area contributed by atoms with E-state index in [1.54, 1.807) is 0 Å². The minimum Gasteiger partial charge on any atom is -0.396 e. The van der Waals surface area contributed by atoms with Gasteiger partial charge in [-0.05, 0) is 36.3 Å². The molecule has 16 heavy (non-hydrogen) atoms. The van der Waals surface area contributed by atoms with Crippen LogP contribution in [0.4, 0.5) is 13.2 Å². The molecule has 1 aromatic rings. The third-order valence-electron chi connectivity index (χ3n) is 3.07. The van der Waals surface area contributed by atoms with Gasteiger partial charge in [-0.2, -0.15) is 13.2 Å². The largest absolute Gasteiger partial charge is 0.416 e. The Morgan fingerprint density at radius 2 is 2.06 bits per heavy atom. The number of nitrogens with zero attached hydrogens (tertiary/aromatic N) is 1. The van der Waals surface area contributed by atoms with E-state index in [1.165, 1.54) is 6.20 Å².